The van der Waals surface area contributed by atoms with Gasteiger partial charge in [-0.15, -0.1) is 0 Å². The lowest BCUT2D eigenvalue weighted by Crippen LogP contribution is -1.93. The van der Waals surface area contributed by atoms with Crippen LogP contribution in [-0.4, -0.2) is 17.9 Å². The van der Waals surface area contributed by atoms with E-state index in [1.807, 2.05) is 0 Å². The molecule has 0 bridgehead atoms. The SMILES string of the molecule is c1ccc(-n2c3ccccc3c3cc4c(cc32)c2cccc3c5cc6c7cccc8c9c%10c(ccc9n(c6cc5n4c23)c78)c2ccccc2n%10-c2ccccc2)cc1. The number of hydrogen-bond donors (Lipinski definition) is 0. The summed E-state index contributed by atoms with van der Waals surface area (Å²) in [5, 5.41) is 15.5. The molecule has 15 rings (SSSR count). The lowest BCUT2D eigenvalue weighted by molar-refractivity contribution is 1.18. The minimum absolute atomic E-state index is 1.18. The molecule has 4 nitrogen and oxygen atoms in total. The number of hydrogen-bond acceptors (Lipinski definition) is 0. The summed E-state index contributed by atoms with van der Waals surface area (Å²) >= 11 is 0. The molecule has 0 aliphatic carbocycles. The summed E-state index contributed by atoms with van der Waals surface area (Å²) in [5.41, 5.74) is 14.9. The van der Waals surface area contributed by atoms with Crippen molar-refractivity contribution in [1.29, 1.82) is 0 Å². The Morgan fingerprint density at radius 2 is 0.672 bits per heavy atom. The van der Waals surface area contributed by atoms with Crippen molar-refractivity contribution < 1.29 is 0 Å². The zero-order valence-electron chi connectivity index (χ0n) is 31.1. The summed E-state index contributed by atoms with van der Waals surface area (Å²) in [4.78, 5) is 0. The standard InChI is InChI=1S/C54H30N4/c1-3-13-31(14-4-1)55-44-23-9-8-18-34(44)42-28-48-43(29-47(42)55)37-20-11-19-35-40-27-41-36-21-12-22-39-51-46(57(53(36)39)49(41)30-50(40)58(48)52(35)37)26-25-38-33-17-7-10-24-45(33)56(54(38)51)32-15-5-2-6-16-32/h1-30H. The summed E-state index contributed by atoms with van der Waals surface area (Å²) in [6.07, 6.45) is 0. The number of rotatable bonds is 2. The number of para-hydroxylation sites is 6. The Balaban J connectivity index is 1.11. The first-order chi connectivity index (χ1) is 28.8. The van der Waals surface area contributed by atoms with Crippen LogP contribution in [0.1, 0.15) is 0 Å². The molecule has 0 aliphatic heterocycles. The Hall–Kier alpha value is -7.82. The van der Waals surface area contributed by atoms with Gasteiger partial charge >= 0.3 is 0 Å². The zero-order valence-corrected chi connectivity index (χ0v) is 31.1. The molecule has 0 unspecified atom stereocenters. The molecule has 0 fully saturated rings. The van der Waals surface area contributed by atoms with Gasteiger partial charge in [0.25, 0.3) is 0 Å². The van der Waals surface area contributed by atoms with E-state index in [0.717, 1.165) is 0 Å². The van der Waals surface area contributed by atoms with E-state index in [4.69, 9.17) is 0 Å². The topological polar surface area (TPSA) is 18.7 Å². The predicted octanol–water partition coefficient (Wildman–Crippen LogP) is 14.2. The highest BCUT2D eigenvalue weighted by Crippen LogP contribution is 2.48. The van der Waals surface area contributed by atoms with E-state index < -0.39 is 0 Å². The second-order valence-corrected chi connectivity index (χ2v) is 16.1. The molecule has 58 heavy (non-hydrogen) atoms. The fourth-order valence-corrected chi connectivity index (χ4v) is 11.1. The minimum atomic E-state index is 1.18. The molecule has 0 saturated carbocycles. The van der Waals surface area contributed by atoms with Gasteiger partial charge in [-0.05, 0) is 66.7 Å². The highest BCUT2D eigenvalue weighted by Gasteiger charge is 2.25. The van der Waals surface area contributed by atoms with Crippen molar-refractivity contribution in [2.24, 2.45) is 0 Å². The molecule has 0 aliphatic rings. The van der Waals surface area contributed by atoms with Crippen LogP contribution in [0.25, 0.3) is 131 Å². The maximum atomic E-state index is 2.56. The fraction of sp³-hybridized carbons (Fsp3) is 0. The van der Waals surface area contributed by atoms with Crippen LogP contribution >= 0.6 is 0 Å². The maximum Gasteiger partial charge on any atom is 0.0641 e. The van der Waals surface area contributed by atoms with Gasteiger partial charge in [0.2, 0.25) is 0 Å². The van der Waals surface area contributed by atoms with Gasteiger partial charge in [-0.3, -0.25) is 0 Å². The second kappa shape index (κ2) is 10.1. The molecule has 0 atom stereocenters. The summed E-state index contributed by atoms with van der Waals surface area (Å²) in [6.45, 7) is 0. The molecule has 15 aromatic rings. The van der Waals surface area contributed by atoms with Crippen molar-refractivity contribution >= 4 is 120 Å². The Morgan fingerprint density at radius 1 is 0.224 bits per heavy atom. The van der Waals surface area contributed by atoms with Gasteiger partial charge in [0, 0.05) is 76.0 Å². The van der Waals surface area contributed by atoms with Crippen molar-refractivity contribution in [2.75, 3.05) is 0 Å². The van der Waals surface area contributed by atoms with Crippen LogP contribution in [0.2, 0.25) is 0 Å². The third-order valence-corrected chi connectivity index (χ3v) is 13.4. The Morgan fingerprint density at radius 3 is 1.36 bits per heavy atom. The molecule has 6 heterocycles. The second-order valence-electron chi connectivity index (χ2n) is 16.1. The smallest absolute Gasteiger partial charge is 0.0641 e. The van der Waals surface area contributed by atoms with E-state index in [2.05, 4.69) is 200 Å². The summed E-state index contributed by atoms with van der Waals surface area (Å²) in [6, 6.07) is 67.7. The summed E-state index contributed by atoms with van der Waals surface area (Å²) in [7, 11) is 0. The molecule has 6 aromatic heterocycles. The minimum Gasteiger partial charge on any atom is -0.309 e. The molecular weight excluding hydrogens is 705 g/mol. The molecule has 9 aromatic carbocycles. The van der Waals surface area contributed by atoms with Crippen molar-refractivity contribution in [3.63, 3.8) is 0 Å². The van der Waals surface area contributed by atoms with Gasteiger partial charge in [0.1, 0.15) is 0 Å². The van der Waals surface area contributed by atoms with Gasteiger partial charge in [-0.2, -0.15) is 0 Å². The number of nitrogens with zero attached hydrogens (tertiary/aromatic N) is 4. The van der Waals surface area contributed by atoms with Crippen LogP contribution in [0.15, 0.2) is 182 Å². The van der Waals surface area contributed by atoms with Crippen LogP contribution in [0.5, 0.6) is 0 Å². The van der Waals surface area contributed by atoms with E-state index in [9.17, 15) is 0 Å². The highest BCUT2D eigenvalue weighted by molar-refractivity contribution is 6.33. The predicted molar refractivity (Wildman–Crippen MR) is 244 cm³/mol. The van der Waals surface area contributed by atoms with E-state index in [1.165, 1.54) is 131 Å². The third-order valence-electron chi connectivity index (χ3n) is 13.4. The third kappa shape index (κ3) is 3.34. The molecular formula is C54H30N4. The Bertz CT molecular complexity index is 4230. The first-order valence-electron chi connectivity index (χ1n) is 20.1. The van der Waals surface area contributed by atoms with Gasteiger partial charge in [0.05, 0.1) is 55.2 Å². The maximum absolute atomic E-state index is 2.56. The summed E-state index contributed by atoms with van der Waals surface area (Å²) in [5.74, 6) is 0. The van der Waals surface area contributed by atoms with E-state index in [0.29, 0.717) is 0 Å². The monoisotopic (exact) mass is 734 g/mol. The number of aromatic nitrogens is 4. The quantitative estimate of drug-likeness (QED) is 0.168. The highest BCUT2D eigenvalue weighted by atomic mass is 15.0. The van der Waals surface area contributed by atoms with Crippen LogP contribution in [0.4, 0.5) is 0 Å². The average molecular weight is 735 g/mol. The molecule has 0 radical (unpaired) electrons. The van der Waals surface area contributed by atoms with E-state index in [1.54, 1.807) is 0 Å². The lowest BCUT2D eigenvalue weighted by atomic mass is 10.0. The van der Waals surface area contributed by atoms with Gasteiger partial charge < -0.3 is 17.9 Å². The molecule has 4 heteroatoms. The largest absolute Gasteiger partial charge is 0.309 e. The van der Waals surface area contributed by atoms with Crippen LogP contribution in [-0.2, 0) is 0 Å². The van der Waals surface area contributed by atoms with Gasteiger partial charge in [-0.25, -0.2) is 0 Å². The average Bonchev–Trinajstić information content (AvgIpc) is 4.11. The number of benzene rings is 9. The fourth-order valence-electron chi connectivity index (χ4n) is 11.1. The number of fused-ring (bicyclic) bond motifs is 19. The van der Waals surface area contributed by atoms with Crippen LogP contribution in [0.3, 0.4) is 0 Å². The Kier molecular flexibility index (Phi) is 5.14. The molecule has 0 spiro atoms. The van der Waals surface area contributed by atoms with Crippen molar-refractivity contribution in [2.45, 2.75) is 0 Å². The first-order valence-corrected chi connectivity index (χ1v) is 20.1. The molecule has 266 valence electrons. The van der Waals surface area contributed by atoms with Crippen molar-refractivity contribution in [3.05, 3.63) is 182 Å². The van der Waals surface area contributed by atoms with Crippen molar-refractivity contribution in [1.82, 2.24) is 17.9 Å². The van der Waals surface area contributed by atoms with Crippen LogP contribution in [0, 0.1) is 0 Å². The molecule has 0 saturated heterocycles. The normalized spacial score (nSPS) is 12.8. The first kappa shape index (κ1) is 29.5. The van der Waals surface area contributed by atoms with Gasteiger partial charge in [0.15, 0.2) is 0 Å². The van der Waals surface area contributed by atoms with Crippen LogP contribution < -0.4 is 0 Å². The zero-order chi connectivity index (χ0) is 37.4. The summed E-state index contributed by atoms with van der Waals surface area (Å²) < 4.78 is 10.0. The molecule has 0 N–H and O–H groups in total. The van der Waals surface area contributed by atoms with E-state index >= 15 is 0 Å². The van der Waals surface area contributed by atoms with E-state index in [-0.39, 0.29) is 0 Å². The Labute approximate surface area is 329 Å². The van der Waals surface area contributed by atoms with Gasteiger partial charge in [-0.1, -0.05) is 115 Å². The molecule has 0 amide bonds. The lowest BCUT2D eigenvalue weighted by Gasteiger charge is -2.09. The van der Waals surface area contributed by atoms with Crippen molar-refractivity contribution in [3.8, 4) is 11.4 Å².